The van der Waals surface area contributed by atoms with Crippen molar-refractivity contribution in [2.75, 3.05) is 0 Å². The van der Waals surface area contributed by atoms with Crippen molar-refractivity contribution >= 4 is 17.2 Å². The number of nitrogens with zero attached hydrogens (tertiary/aromatic N) is 1. The predicted molar refractivity (Wildman–Crippen MR) is 82.6 cm³/mol. The van der Waals surface area contributed by atoms with Crippen LogP contribution < -0.4 is 4.74 Å². The summed E-state index contributed by atoms with van der Waals surface area (Å²) < 4.78 is 5.87. The van der Waals surface area contributed by atoms with Gasteiger partial charge in [0.2, 0.25) is 0 Å². The molecule has 3 nitrogen and oxygen atoms in total. The van der Waals surface area contributed by atoms with E-state index in [1.165, 1.54) is 0 Å². The quantitative estimate of drug-likeness (QED) is 0.671. The standard InChI is InChI=1S/C18H15NO2/c1-13(21-16-9-6-14(12-20)7-10-16)17-11-8-15-4-2-3-5-18(15)19-17/h2-13H,1H3. The number of ether oxygens (including phenoxy) is 1. The fourth-order valence-corrected chi connectivity index (χ4v) is 2.20. The molecule has 1 heterocycles. The number of benzene rings is 2. The lowest BCUT2D eigenvalue weighted by Gasteiger charge is -2.14. The Morgan fingerprint density at radius 3 is 2.52 bits per heavy atom. The Morgan fingerprint density at radius 2 is 1.76 bits per heavy atom. The van der Waals surface area contributed by atoms with E-state index in [4.69, 9.17) is 4.74 Å². The Morgan fingerprint density at radius 1 is 1.00 bits per heavy atom. The number of aromatic nitrogens is 1. The van der Waals surface area contributed by atoms with Crippen molar-refractivity contribution in [3.05, 3.63) is 71.9 Å². The maximum Gasteiger partial charge on any atom is 0.150 e. The van der Waals surface area contributed by atoms with Crippen LogP contribution in [0, 0.1) is 0 Å². The lowest BCUT2D eigenvalue weighted by Crippen LogP contribution is -2.05. The van der Waals surface area contributed by atoms with Gasteiger partial charge >= 0.3 is 0 Å². The summed E-state index contributed by atoms with van der Waals surface area (Å²) in [6.45, 7) is 1.96. The Balaban J connectivity index is 1.82. The minimum atomic E-state index is -0.156. The summed E-state index contributed by atoms with van der Waals surface area (Å²) in [6.07, 6.45) is 0.662. The van der Waals surface area contributed by atoms with Crippen molar-refractivity contribution in [3.63, 3.8) is 0 Å². The Kier molecular flexibility index (Phi) is 3.65. The third-order valence-electron chi connectivity index (χ3n) is 3.37. The van der Waals surface area contributed by atoms with E-state index in [1.54, 1.807) is 24.3 Å². The molecule has 1 atom stereocenters. The van der Waals surface area contributed by atoms with Gasteiger partial charge in [0.25, 0.3) is 0 Å². The fourth-order valence-electron chi connectivity index (χ4n) is 2.20. The molecule has 2 aromatic carbocycles. The van der Waals surface area contributed by atoms with E-state index < -0.39 is 0 Å². The van der Waals surface area contributed by atoms with Gasteiger partial charge in [0.15, 0.2) is 0 Å². The highest BCUT2D eigenvalue weighted by Gasteiger charge is 2.09. The van der Waals surface area contributed by atoms with Crippen molar-refractivity contribution in [2.24, 2.45) is 0 Å². The van der Waals surface area contributed by atoms with Gasteiger partial charge in [-0.15, -0.1) is 0 Å². The van der Waals surface area contributed by atoms with Gasteiger partial charge in [0, 0.05) is 10.9 Å². The lowest BCUT2D eigenvalue weighted by atomic mass is 10.1. The van der Waals surface area contributed by atoms with Crippen LogP contribution in [0.4, 0.5) is 0 Å². The summed E-state index contributed by atoms with van der Waals surface area (Å²) in [5.74, 6) is 0.725. The first-order valence-electron chi connectivity index (χ1n) is 6.84. The Bertz CT molecular complexity index is 766. The van der Waals surface area contributed by atoms with Gasteiger partial charge in [-0.05, 0) is 43.3 Å². The second-order valence-corrected chi connectivity index (χ2v) is 4.88. The van der Waals surface area contributed by atoms with E-state index in [0.717, 1.165) is 28.6 Å². The van der Waals surface area contributed by atoms with Crippen LogP contribution >= 0.6 is 0 Å². The van der Waals surface area contributed by atoms with Crippen molar-refractivity contribution in [2.45, 2.75) is 13.0 Å². The average Bonchev–Trinajstić information content (AvgIpc) is 2.55. The monoisotopic (exact) mass is 277 g/mol. The molecule has 21 heavy (non-hydrogen) atoms. The minimum absolute atomic E-state index is 0.156. The Labute approximate surface area is 123 Å². The van der Waals surface area contributed by atoms with Crippen LogP contribution in [0.5, 0.6) is 5.75 Å². The number of rotatable bonds is 4. The predicted octanol–water partition coefficient (Wildman–Crippen LogP) is 4.19. The molecule has 3 rings (SSSR count). The SMILES string of the molecule is CC(Oc1ccc(C=O)cc1)c1ccc2ccccc2n1. The molecule has 104 valence electrons. The van der Waals surface area contributed by atoms with E-state index in [1.807, 2.05) is 43.3 Å². The molecule has 0 amide bonds. The largest absolute Gasteiger partial charge is 0.484 e. The first-order chi connectivity index (χ1) is 10.3. The molecule has 0 spiro atoms. The highest BCUT2D eigenvalue weighted by atomic mass is 16.5. The zero-order valence-corrected chi connectivity index (χ0v) is 11.7. The molecule has 0 aliphatic heterocycles. The maximum atomic E-state index is 10.6. The summed E-state index contributed by atoms with van der Waals surface area (Å²) >= 11 is 0. The smallest absolute Gasteiger partial charge is 0.150 e. The molecule has 3 aromatic rings. The lowest BCUT2D eigenvalue weighted by molar-refractivity contribution is 0.112. The fraction of sp³-hybridized carbons (Fsp3) is 0.111. The molecular formula is C18H15NO2. The number of hydrogen-bond acceptors (Lipinski definition) is 3. The molecule has 0 fully saturated rings. The molecule has 0 aliphatic rings. The second kappa shape index (κ2) is 5.75. The summed E-state index contributed by atoms with van der Waals surface area (Å²) in [4.78, 5) is 15.3. The summed E-state index contributed by atoms with van der Waals surface area (Å²) in [5.41, 5.74) is 2.48. The third-order valence-corrected chi connectivity index (χ3v) is 3.37. The van der Waals surface area contributed by atoms with Gasteiger partial charge < -0.3 is 4.74 Å². The van der Waals surface area contributed by atoms with Gasteiger partial charge in [-0.3, -0.25) is 4.79 Å². The van der Waals surface area contributed by atoms with Crippen molar-refractivity contribution in [1.82, 2.24) is 4.98 Å². The number of carbonyl (C=O) groups is 1. The van der Waals surface area contributed by atoms with Gasteiger partial charge in [0.1, 0.15) is 18.1 Å². The first-order valence-corrected chi connectivity index (χ1v) is 6.84. The molecular weight excluding hydrogens is 262 g/mol. The molecule has 0 radical (unpaired) electrons. The van der Waals surface area contributed by atoms with E-state index >= 15 is 0 Å². The summed E-state index contributed by atoms with van der Waals surface area (Å²) in [5, 5.41) is 1.11. The molecule has 0 aliphatic carbocycles. The topological polar surface area (TPSA) is 39.2 Å². The van der Waals surface area contributed by atoms with E-state index in [0.29, 0.717) is 5.56 Å². The van der Waals surface area contributed by atoms with Crippen LogP contribution in [0.1, 0.15) is 29.1 Å². The zero-order chi connectivity index (χ0) is 14.7. The number of hydrogen-bond donors (Lipinski definition) is 0. The van der Waals surface area contributed by atoms with Crippen LogP contribution in [0.15, 0.2) is 60.7 Å². The van der Waals surface area contributed by atoms with Crippen molar-refractivity contribution < 1.29 is 9.53 Å². The summed E-state index contributed by atoms with van der Waals surface area (Å²) in [7, 11) is 0. The molecule has 0 saturated carbocycles. The van der Waals surface area contributed by atoms with E-state index in [-0.39, 0.29) is 6.10 Å². The Hall–Kier alpha value is -2.68. The number of pyridine rings is 1. The van der Waals surface area contributed by atoms with Gasteiger partial charge in [-0.1, -0.05) is 24.3 Å². The molecule has 1 unspecified atom stereocenters. The van der Waals surface area contributed by atoms with Crippen molar-refractivity contribution in [3.8, 4) is 5.75 Å². The zero-order valence-electron chi connectivity index (χ0n) is 11.7. The number of fused-ring (bicyclic) bond motifs is 1. The molecule has 0 bridgehead atoms. The minimum Gasteiger partial charge on any atom is -0.484 e. The maximum absolute atomic E-state index is 10.6. The molecule has 3 heteroatoms. The van der Waals surface area contributed by atoms with Crippen molar-refractivity contribution in [1.29, 1.82) is 0 Å². The van der Waals surface area contributed by atoms with Gasteiger partial charge in [-0.2, -0.15) is 0 Å². The van der Waals surface area contributed by atoms with Crippen LogP contribution in [-0.2, 0) is 0 Å². The number of carbonyl (C=O) groups excluding carboxylic acids is 1. The highest BCUT2D eigenvalue weighted by Crippen LogP contribution is 2.22. The van der Waals surface area contributed by atoms with E-state index in [2.05, 4.69) is 4.98 Å². The third kappa shape index (κ3) is 2.92. The molecule has 0 saturated heterocycles. The van der Waals surface area contributed by atoms with Gasteiger partial charge in [0.05, 0.1) is 11.2 Å². The molecule has 1 aromatic heterocycles. The van der Waals surface area contributed by atoms with Gasteiger partial charge in [-0.25, -0.2) is 4.98 Å². The second-order valence-electron chi connectivity index (χ2n) is 4.88. The molecule has 0 N–H and O–H groups in total. The number of para-hydroxylation sites is 1. The van der Waals surface area contributed by atoms with Crippen LogP contribution in [0.3, 0.4) is 0 Å². The van der Waals surface area contributed by atoms with Crippen LogP contribution in [0.25, 0.3) is 10.9 Å². The summed E-state index contributed by atoms with van der Waals surface area (Å²) in [6, 6.07) is 19.1. The van der Waals surface area contributed by atoms with Crippen LogP contribution in [-0.4, -0.2) is 11.3 Å². The normalized spacial score (nSPS) is 12.0. The average molecular weight is 277 g/mol. The van der Waals surface area contributed by atoms with Crippen LogP contribution in [0.2, 0.25) is 0 Å². The van der Waals surface area contributed by atoms with E-state index in [9.17, 15) is 4.79 Å². The number of aldehydes is 1. The first kappa shape index (κ1) is 13.3. The highest BCUT2D eigenvalue weighted by molar-refractivity contribution is 5.78.